The summed E-state index contributed by atoms with van der Waals surface area (Å²) in [5, 5.41) is 9.98. The van der Waals surface area contributed by atoms with Crippen molar-refractivity contribution in [1.29, 1.82) is 0 Å². The average Bonchev–Trinajstić information content (AvgIpc) is 2.97. The maximum atomic E-state index is 12.4. The Morgan fingerprint density at radius 1 is 1.28 bits per heavy atom. The summed E-state index contributed by atoms with van der Waals surface area (Å²) < 4.78 is 4.64. The molecule has 4 N–H and O–H groups in total. The van der Waals surface area contributed by atoms with Gasteiger partial charge in [0.05, 0.1) is 6.21 Å². The summed E-state index contributed by atoms with van der Waals surface area (Å²) in [5.41, 5.74) is 5.45. The molecule has 0 aliphatic carbocycles. The van der Waals surface area contributed by atoms with Crippen LogP contribution >= 0.6 is 12.2 Å². The van der Waals surface area contributed by atoms with Crippen LogP contribution in [0.2, 0.25) is 0 Å². The number of H-pyrrole nitrogens is 1. The predicted molar refractivity (Wildman–Crippen MR) is 98.0 cm³/mol. The first-order valence-electron chi connectivity index (χ1n) is 7.40. The van der Waals surface area contributed by atoms with Gasteiger partial charge in [-0.1, -0.05) is 34.7 Å². The number of hydrogen-bond donors (Lipinski definition) is 3. The molecule has 128 valence electrons. The second kappa shape index (κ2) is 7.84. The van der Waals surface area contributed by atoms with Crippen LogP contribution in [-0.4, -0.2) is 17.1 Å². The number of nitrogens with zero attached hydrogens (tertiary/aromatic N) is 1. The van der Waals surface area contributed by atoms with Gasteiger partial charge in [-0.25, -0.2) is 5.43 Å². The second-order valence-electron chi connectivity index (χ2n) is 5.19. The van der Waals surface area contributed by atoms with E-state index in [1.54, 1.807) is 24.4 Å². The summed E-state index contributed by atoms with van der Waals surface area (Å²) in [6.07, 6.45) is 1.59. The number of fused-ring (bicyclic) bond motifs is 1. The van der Waals surface area contributed by atoms with Crippen LogP contribution in [0.1, 0.15) is 21.6 Å². The van der Waals surface area contributed by atoms with E-state index in [4.69, 9.17) is 10.0 Å². The second-order valence-corrected chi connectivity index (χ2v) is 5.52. The number of aromatic nitrogens is 1. The molecule has 25 heavy (non-hydrogen) atoms. The minimum Gasteiger partial charge on any atom is -0.350 e. The van der Waals surface area contributed by atoms with Gasteiger partial charge in [-0.05, 0) is 36.2 Å². The lowest BCUT2D eigenvalue weighted by Gasteiger charge is -2.01. The Hall–Kier alpha value is -2.81. The van der Waals surface area contributed by atoms with Crippen molar-refractivity contribution < 1.29 is 14.0 Å². The fourth-order valence-electron chi connectivity index (χ4n) is 2.40. The van der Waals surface area contributed by atoms with Crippen LogP contribution in [0.3, 0.4) is 0 Å². The van der Waals surface area contributed by atoms with E-state index in [-0.39, 0.29) is 5.91 Å². The largest absolute Gasteiger partial charge is 0.350 e. The van der Waals surface area contributed by atoms with E-state index >= 15 is 0 Å². The molecular formula is C17H16N4O3S. The van der Waals surface area contributed by atoms with Gasteiger partial charge in [-0.3, -0.25) is 9.93 Å². The van der Waals surface area contributed by atoms with Crippen molar-refractivity contribution in [3.05, 3.63) is 65.4 Å². The quantitative estimate of drug-likeness (QED) is 0.207. The van der Waals surface area contributed by atoms with E-state index in [9.17, 15) is 4.79 Å². The first kappa shape index (κ1) is 17.0. The zero-order chi connectivity index (χ0) is 17.6. The molecule has 3 rings (SSSR count). The van der Waals surface area contributed by atoms with Crippen molar-refractivity contribution in [3.63, 3.8) is 0 Å². The summed E-state index contributed by atoms with van der Waals surface area (Å²) in [7, 11) is 0. The minimum absolute atomic E-state index is 0.322. The predicted octanol–water partition coefficient (Wildman–Crippen LogP) is 3.07. The summed E-state index contributed by atoms with van der Waals surface area (Å²) in [4.78, 5) is 20.4. The van der Waals surface area contributed by atoms with Crippen LogP contribution in [0.4, 0.5) is 0 Å². The highest BCUT2D eigenvalue weighted by Crippen LogP contribution is 2.26. The Morgan fingerprint density at radius 3 is 2.84 bits per heavy atom. The molecule has 0 unspecified atom stereocenters. The topological polar surface area (TPSA) is 102 Å². The van der Waals surface area contributed by atoms with E-state index in [1.807, 2.05) is 37.3 Å². The number of amides is 1. The van der Waals surface area contributed by atoms with Crippen molar-refractivity contribution in [1.82, 2.24) is 10.4 Å². The lowest BCUT2D eigenvalue weighted by molar-refractivity contribution is -0.0775. The Morgan fingerprint density at radius 2 is 2.08 bits per heavy atom. The van der Waals surface area contributed by atoms with Crippen molar-refractivity contribution in [2.75, 3.05) is 0 Å². The zero-order valence-corrected chi connectivity index (χ0v) is 14.2. The van der Waals surface area contributed by atoms with Gasteiger partial charge in [0.1, 0.15) is 17.9 Å². The molecule has 0 radical (unpaired) electrons. The molecule has 3 aromatic rings. The van der Waals surface area contributed by atoms with E-state index in [1.165, 1.54) is 0 Å². The van der Waals surface area contributed by atoms with Crippen LogP contribution in [-0.2, 0) is 4.33 Å². The van der Waals surface area contributed by atoms with Gasteiger partial charge in [-0.15, -0.1) is 0 Å². The fourth-order valence-corrected chi connectivity index (χ4v) is 2.52. The Bertz CT molecular complexity index is 909. The maximum absolute atomic E-state index is 12.4. The number of nitrogens with one attached hydrogen (secondary N) is 2. The van der Waals surface area contributed by atoms with Crippen LogP contribution in [0, 0.1) is 6.92 Å². The number of benzene rings is 2. The Kier molecular flexibility index (Phi) is 5.34. The highest BCUT2D eigenvalue weighted by atomic mass is 32.2. The summed E-state index contributed by atoms with van der Waals surface area (Å²) in [6.45, 7) is 1.84. The van der Waals surface area contributed by atoms with Crippen LogP contribution in [0.15, 0.2) is 53.6 Å². The van der Waals surface area contributed by atoms with Crippen molar-refractivity contribution in [2.45, 2.75) is 6.92 Å². The molecule has 8 heteroatoms. The summed E-state index contributed by atoms with van der Waals surface area (Å²) in [6, 6.07) is 14.8. The first-order valence-corrected chi connectivity index (χ1v) is 8.20. The van der Waals surface area contributed by atoms with E-state index in [0.717, 1.165) is 22.0 Å². The highest BCUT2D eigenvalue weighted by Gasteiger charge is 2.15. The van der Waals surface area contributed by atoms with Crippen LogP contribution < -0.4 is 15.5 Å². The van der Waals surface area contributed by atoms with Gasteiger partial charge in [0.25, 0.3) is 5.91 Å². The molecule has 2 aromatic carbocycles. The number of aryl methyl sites for hydroxylation is 1. The molecule has 0 spiro atoms. The Labute approximate surface area is 148 Å². The molecule has 0 atom stereocenters. The van der Waals surface area contributed by atoms with E-state index < -0.39 is 0 Å². The third-order valence-corrected chi connectivity index (χ3v) is 3.75. The van der Waals surface area contributed by atoms with E-state index in [0.29, 0.717) is 23.7 Å². The van der Waals surface area contributed by atoms with Crippen molar-refractivity contribution in [2.24, 2.45) is 10.2 Å². The van der Waals surface area contributed by atoms with Gasteiger partial charge in [0.2, 0.25) is 0 Å². The highest BCUT2D eigenvalue weighted by molar-refractivity contribution is 7.92. The third kappa shape index (κ3) is 4.00. The number of carbonyl (C=O) groups excluding carboxylic acids is 1. The number of carbonyl (C=O) groups is 1. The lowest BCUT2D eigenvalue weighted by Crippen LogP contribution is -2.18. The SMILES string of the molecule is Cc1c(C(=O)N/N=C/c2ccccc2)[nH]c2ccc(OOSN)cc12. The molecule has 0 aliphatic heterocycles. The standard InChI is InChI=1S/C17H16N4O3S/c1-11-14-9-13(23-24-25-18)7-8-15(14)20-16(11)17(22)21-19-10-12-5-3-2-4-6-12/h2-10,20H,18H2,1H3,(H,21,22)/b19-10+. The number of hydrogen-bond acceptors (Lipinski definition) is 6. The first-order chi connectivity index (χ1) is 12.2. The molecular weight excluding hydrogens is 340 g/mol. The average molecular weight is 356 g/mol. The fraction of sp³-hybridized carbons (Fsp3) is 0.0588. The normalized spacial score (nSPS) is 11.1. The van der Waals surface area contributed by atoms with Gasteiger partial charge < -0.3 is 9.87 Å². The molecule has 0 saturated heterocycles. The molecule has 7 nitrogen and oxygen atoms in total. The third-order valence-electron chi connectivity index (χ3n) is 3.61. The van der Waals surface area contributed by atoms with Gasteiger partial charge in [0.15, 0.2) is 5.75 Å². The molecule has 0 aliphatic rings. The zero-order valence-electron chi connectivity index (χ0n) is 13.4. The number of aromatic amines is 1. The van der Waals surface area contributed by atoms with E-state index in [2.05, 4.69) is 19.8 Å². The molecule has 0 saturated carbocycles. The van der Waals surface area contributed by atoms with Crippen molar-refractivity contribution in [3.8, 4) is 5.75 Å². The molecule has 0 fully saturated rings. The van der Waals surface area contributed by atoms with Gasteiger partial charge >= 0.3 is 0 Å². The summed E-state index contributed by atoms with van der Waals surface area (Å²) in [5.74, 6) is 0.165. The Balaban J connectivity index is 1.77. The molecule has 1 aromatic heterocycles. The van der Waals surface area contributed by atoms with Crippen LogP contribution in [0.5, 0.6) is 5.75 Å². The van der Waals surface area contributed by atoms with Crippen LogP contribution in [0.25, 0.3) is 10.9 Å². The number of rotatable bonds is 6. The van der Waals surface area contributed by atoms with Gasteiger partial charge in [0, 0.05) is 10.9 Å². The molecule has 1 heterocycles. The lowest BCUT2D eigenvalue weighted by atomic mass is 10.1. The summed E-state index contributed by atoms with van der Waals surface area (Å²) >= 11 is 0.613. The monoisotopic (exact) mass is 356 g/mol. The maximum Gasteiger partial charge on any atom is 0.288 e. The molecule has 1 amide bonds. The molecule has 0 bridgehead atoms. The smallest absolute Gasteiger partial charge is 0.288 e. The number of hydrazone groups is 1. The minimum atomic E-state index is -0.322. The van der Waals surface area contributed by atoms with Gasteiger partial charge in [-0.2, -0.15) is 5.10 Å². The van der Waals surface area contributed by atoms with Crippen molar-refractivity contribution >= 4 is 35.3 Å². The number of nitrogens with two attached hydrogens (primary N) is 1.